The summed E-state index contributed by atoms with van der Waals surface area (Å²) in [4.78, 5) is 0. The first kappa shape index (κ1) is 12.5. The van der Waals surface area contributed by atoms with E-state index in [2.05, 4.69) is 11.2 Å². The molecule has 0 radical (unpaired) electrons. The van der Waals surface area contributed by atoms with Crippen LogP contribution >= 0.6 is 0 Å². The fraction of sp³-hybridized carbons (Fsp3) is 0.800. The van der Waals surface area contributed by atoms with Gasteiger partial charge in [0.25, 0.3) is 0 Å². The van der Waals surface area contributed by atoms with Crippen LogP contribution in [0.2, 0.25) is 0 Å². The van der Waals surface area contributed by atoms with Crippen LogP contribution in [0, 0.1) is 12.3 Å². The first-order valence-electron chi connectivity index (χ1n) is 5.25. The second-order valence-electron chi connectivity index (χ2n) is 3.67. The molecule has 1 N–H and O–H groups in total. The van der Waals surface area contributed by atoms with Crippen LogP contribution in [0.4, 0.5) is 0 Å². The largest absolute Gasteiger partial charge is 0.313 e. The van der Waals surface area contributed by atoms with Crippen LogP contribution in [0.5, 0.6) is 0 Å². The lowest BCUT2D eigenvalue weighted by atomic mass is 10.6. The lowest BCUT2D eigenvalue weighted by Gasteiger charge is -2.17. The van der Waals surface area contributed by atoms with Crippen molar-refractivity contribution in [3.05, 3.63) is 0 Å². The van der Waals surface area contributed by atoms with E-state index < -0.39 is 10.0 Å². The van der Waals surface area contributed by atoms with Gasteiger partial charge in [-0.25, -0.2) is 8.42 Å². The predicted octanol–water partition coefficient (Wildman–Crippen LogP) is 0.0233. The maximum Gasteiger partial charge on any atom is 0.216 e. The van der Waals surface area contributed by atoms with Crippen LogP contribution in [0.1, 0.15) is 19.8 Å². The lowest BCUT2D eigenvalue weighted by molar-refractivity contribution is 0.462. The lowest BCUT2D eigenvalue weighted by Crippen LogP contribution is -2.36. The predicted molar refractivity (Wildman–Crippen MR) is 60.9 cm³/mol. The van der Waals surface area contributed by atoms with E-state index in [0.29, 0.717) is 19.1 Å². The molecule has 1 aliphatic rings. The minimum Gasteiger partial charge on any atom is -0.313 e. The van der Waals surface area contributed by atoms with E-state index in [1.54, 1.807) is 6.92 Å². The quantitative estimate of drug-likeness (QED) is 0.627. The van der Waals surface area contributed by atoms with Crippen molar-refractivity contribution in [2.24, 2.45) is 0 Å². The third kappa shape index (κ3) is 4.20. The molecule has 0 atom stereocenters. The summed E-state index contributed by atoms with van der Waals surface area (Å²) in [6.07, 6.45) is 7.45. The van der Waals surface area contributed by atoms with E-state index in [0.717, 1.165) is 0 Å². The van der Waals surface area contributed by atoms with Gasteiger partial charge in [0.15, 0.2) is 0 Å². The van der Waals surface area contributed by atoms with Crippen LogP contribution in [0.15, 0.2) is 0 Å². The van der Waals surface area contributed by atoms with E-state index in [1.807, 2.05) is 0 Å². The molecule has 0 aromatic heterocycles. The molecule has 0 spiro atoms. The fourth-order valence-corrected chi connectivity index (χ4v) is 2.62. The second-order valence-corrected chi connectivity index (χ2v) is 5.76. The van der Waals surface area contributed by atoms with Crippen molar-refractivity contribution in [3.8, 4) is 12.3 Å². The summed E-state index contributed by atoms with van der Waals surface area (Å²) in [6, 6.07) is 0.544. The van der Waals surface area contributed by atoms with Crippen LogP contribution in [0.25, 0.3) is 0 Å². The van der Waals surface area contributed by atoms with E-state index in [9.17, 15) is 8.42 Å². The van der Waals surface area contributed by atoms with Crippen molar-refractivity contribution in [2.45, 2.75) is 25.8 Å². The Kier molecular flexibility index (Phi) is 4.58. The van der Waals surface area contributed by atoms with Gasteiger partial charge < -0.3 is 5.32 Å². The molecular weight excluding hydrogens is 212 g/mol. The Labute approximate surface area is 92.1 Å². The molecule has 0 heterocycles. The Morgan fingerprint density at radius 2 is 2.20 bits per heavy atom. The molecule has 1 fully saturated rings. The van der Waals surface area contributed by atoms with E-state index >= 15 is 0 Å². The molecule has 1 rings (SSSR count). The average molecular weight is 230 g/mol. The fourth-order valence-electron chi connectivity index (χ4n) is 1.32. The number of nitrogens with zero attached hydrogens (tertiary/aromatic N) is 1. The molecule has 4 nitrogen and oxygen atoms in total. The summed E-state index contributed by atoms with van der Waals surface area (Å²) in [7, 11) is -3.17. The topological polar surface area (TPSA) is 49.4 Å². The van der Waals surface area contributed by atoms with Crippen molar-refractivity contribution in [2.75, 3.05) is 25.4 Å². The molecule has 15 heavy (non-hydrogen) atoms. The molecule has 1 saturated carbocycles. The van der Waals surface area contributed by atoms with E-state index in [-0.39, 0.29) is 12.3 Å². The van der Waals surface area contributed by atoms with Gasteiger partial charge in [-0.15, -0.1) is 6.42 Å². The van der Waals surface area contributed by atoms with E-state index in [4.69, 9.17) is 6.42 Å². The van der Waals surface area contributed by atoms with Crippen molar-refractivity contribution in [3.63, 3.8) is 0 Å². The third-order valence-electron chi connectivity index (χ3n) is 2.38. The zero-order valence-corrected chi connectivity index (χ0v) is 9.89. The Bertz CT molecular complexity index is 328. The summed E-state index contributed by atoms with van der Waals surface area (Å²) in [5, 5.41) is 3.18. The Hall–Kier alpha value is -0.570. The Balaban J connectivity index is 2.37. The summed E-state index contributed by atoms with van der Waals surface area (Å²) < 4.78 is 24.8. The average Bonchev–Trinajstić information content (AvgIpc) is 2.97. The normalized spacial score (nSPS) is 16.6. The minimum absolute atomic E-state index is 0.138. The van der Waals surface area contributed by atoms with Gasteiger partial charge >= 0.3 is 0 Å². The van der Waals surface area contributed by atoms with Crippen LogP contribution in [-0.4, -0.2) is 44.2 Å². The number of nitrogens with one attached hydrogen (secondary N) is 1. The zero-order valence-electron chi connectivity index (χ0n) is 9.07. The van der Waals surface area contributed by atoms with Crippen LogP contribution < -0.4 is 5.32 Å². The number of terminal acetylenes is 1. The van der Waals surface area contributed by atoms with Gasteiger partial charge in [0.1, 0.15) is 0 Å². The van der Waals surface area contributed by atoms with Gasteiger partial charge in [0.2, 0.25) is 10.0 Å². The standard InChI is InChI=1S/C10H18N2O2S/c1-3-8-12(4-2)15(13,14)9-7-11-10-5-6-10/h1,10-11H,4-9H2,2H3. The molecule has 0 aliphatic heterocycles. The van der Waals surface area contributed by atoms with Crippen molar-refractivity contribution in [1.82, 2.24) is 9.62 Å². The zero-order chi connectivity index (χ0) is 11.3. The van der Waals surface area contributed by atoms with Gasteiger partial charge in [-0.1, -0.05) is 12.8 Å². The monoisotopic (exact) mass is 230 g/mol. The molecule has 0 saturated heterocycles. The highest BCUT2D eigenvalue weighted by Gasteiger charge is 2.23. The van der Waals surface area contributed by atoms with Crippen molar-refractivity contribution >= 4 is 10.0 Å². The van der Waals surface area contributed by atoms with Crippen molar-refractivity contribution < 1.29 is 8.42 Å². The van der Waals surface area contributed by atoms with Crippen LogP contribution in [0.3, 0.4) is 0 Å². The number of rotatable bonds is 7. The molecule has 0 aromatic rings. The van der Waals surface area contributed by atoms with Gasteiger partial charge in [-0.05, 0) is 12.8 Å². The molecule has 0 amide bonds. The Morgan fingerprint density at radius 1 is 1.53 bits per heavy atom. The number of hydrogen-bond donors (Lipinski definition) is 1. The molecule has 1 aliphatic carbocycles. The summed E-state index contributed by atoms with van der Waals surface area (Å²) in [5.41, 5.74) is 0. The highest BCUT2D eigenvalue weighted by Crippen LogP contribution is 2.18. The maximum atomic E-state index is 11.7. The van der Waals surface area contributed by atoms with Gasteiger partial charge in [-0.2, -0.15) is 4.31 Å². The molecule has 0 aromatic carbocycles. The summed E-state index contributed by atoms with van der Waals surface area (Å²) in [6.45, 7) is 2.93. The first-order chi connectivity index (χ1) is 7.10. The van der Waals surface area contributed by atoms with Gasteiger partial charge in [0, 0.05) is 19.1 Å². The molecule has 0 unspecified atom stereocenters. The minimum atomic E-state index is -3.17. The summed E-state index contributed by atoms with van der Waals surface area (Å²) >= 11 is 0. The molecular formula is C10H18N2O2S. The Morgan fingerprint density at radius 3 is 2.67 bits per heavy atom. The van der Waals surface area contributed by atoms with Gasteiger partial charge in [-0.3, -0.25) is 0 Å². The highest BCUT2D eigenvalue weighted by atomic mass is 32.2. The molecule has 0 bridgehead atoms. The highest BCUT2D eigenvalue weighted by molar-refractivity contribution is 7.89. The van der Waals surface area contributed by atoms with Gasteiger partial charge in [0.05, 0.1) is 12.3 Å². The van der Waals surface area contributed by atoms with E-state index in [1.165, 1.54) is 17.1 Å². The first-order valence-corrected chi connectivity index (χ1v) is 6.85. The van der Waals surface area contributed by atoms with Crippen LogP contribution in [-0.2, 0) is 10.0 Å². The third-order valence-corrected chi connectivity index (χ3v) is 4.28. The number of sulfonamides is 1. The van der Waals surface area contributed by atoms with Crippen molar-refractivity contribution in [1.29, 1.82) is 0 Å². The maximum absolute atomic E-state index is 11.7. The summed E-state index contributed by atoms with van der Waals surface area (Å²) in [5.74, 6) is 2.50. The smallest absolute Gasteiger partial charge is 0.216 e. The molecule has 86 valence electrons. The number of hydrogen-bond acceptors (Lipinski definition) is 3. The SMILES string of the molecule is C#CCN(CC)S(=O)(=O)CCNC1CC1. The second kappa shape index (κ2) is 5.50. The molecule has 5 heteroatoms.